The molecule has 11 heavy (non-hydrogen) atoms. The SMILES string of the molecule is CN1CCCC2C=CC=CC21. The van der Waals surface area contributed by atoms with E-state index in [2.05, 4.69) is 36.3 Å². The van der Waals surface area contributed by atoms with Crippen molar-refractivity contribution in [3.05, 3.63) is 24.3 Å². The molecule has 0 saturated carbocycles. The van der Waals surface area contributed by atoms with Gasteiger partial charge in [0.15, 0.2) is 0 Å². The minimum atomic E-state index is 0.689. The van der Waals surface area contributed by atoms with Crippen molar-refractivity contribution in [1.82, 2.24) is 4.90 Å². The molecule has 1 saturated heterocycles. The van der Waals surface area contributed by atoms with E-state index in [1.165, 1.54) is 19.4 Å². The smallest absolute Gasteiger partial charge is 0.0341 e. The van der Waals surface area contributed by atoms with Crippen molar-refractivity contribution >= 4 is 0 Å². The van der Waals surface area contributed by atoms with Gasteiger partial charge in [-0.15, -0.1) is 0 Å². The van der Waals surface area contributed by atoms with Gasteiger partial charge in [-0.3, -0.25) is 4.90 Å². The number of piperidine rings is 1. The highest BCUT2D eigenvalue weighted by atomic mass is 15.1. The summed E-state index contributed by atoms with van der Waals surface area (Å²) in [5.41, 5.74) is 0. The number of likely N-dealkylation sites (N-methyl/N-ethyl adjacent to an activating group) is 1. The molecule has 2 unspecified atom stereocenters. The van der Waals surface area contributed by atoms with Gasteiger partial charge in [0.2, 0.25) is 0 Å². The number of rotatable bonds is 0. The summed E-state index contributed by atoms with van der Waals surface area (Å²) in [6.45, 7) is 1.26. The van der Waals surface area contributed by atoms with E-state index >= 15 is 0 Å². The molecule has 0 radical (unpaired) electrons. The molecule has 0 N–H and O–H groups in total. The Labute approximate surface area is 68.4 Å². The second kappa shape index (κ2) is 2.82. The van der Waals surface area contributed by atoms with Crippen molar-refractivity contribution in [3.8, 4) is 0 Å². The van der Waals surface area contributed by atoms with E-state index in [1.807, 2.05) is 0 Å². The normalized spacial score (nSPS) is 37.2. The van der Waals surface area contributed by atoms with E-state index in [-0.39, 0.29) is 0 Å². The molecule has 2 aliphatic rings. The third-order valence-electron chi connectivity index (χ3n) is 2.77. The molecule has 0 amide bonds. The molecule has 0 spiro atoms. The lowest BCUT2D eigenvalue weighted by atomic mass is 9.87. The van der Waals surface area contributed by atoms with Crippen LogP contribution in [0, 0.1) is 5.92 Å². The van der Waals surface area contributed by atoms with Crippen molar-refractivity contribution < 1.29 is 0 Å². The standard InChI is InChI=1S/C10H15N/c1-11-8-4-6-9-5-2-3-7-10(9)11/h2-3,5,7,9-10H,4,6,8H2,1H3. The Balaban J connectivity index is 2.14. The molecular formula is C10H15N. The van der Waals surface area contributed by atoms with E-state index in [1.54, 1.807) is 0 Å². The lowest BCUT2D eigenvalue weighted by Crippen LogP contribution is -2.41. The van der Waals surface area contributed by atoms with Crippen LogP contribution in [0.15, 0.2) is 24.3 Å². The van der Waals surface area contributed by atoms with E-state index in [0.29, 0.717) is 6.04 Å². The van der Waals surface area contributed by atoms with Gasteiger partial charge < -0.3 is 0 Å². The summed E-state index contributed by atoms with van der Waals surface area (Å²) in [6.07, 6.45) is 11.7. The zero-order valence-corrected chi connectivity index (χ0v) is 7.03. The average Bonchev–Trinajstić information content (AvgIpc) is 2.06. The number of fused-ring (bicyclic) bond motifs is 1. The lowest BCUT2D eigenvalue weighted by Gasteiger charge is -2.37. The number of nitrogens with zero attached hydrogens (tertiary/aromatic N) is 1. The van der Waals surface area contributed by atoms with Crippen molar-refractivity contribution in [2.75, 3.05) is 13.6 Å². The van der Waals surface area contributed by atoms with Crippen LogP contribution in [0.2, 0.25) is 0 Å². The molecule has 0 bridgehead atoms. The molecule has 1 nitrogen and oxygen atoms in total. The summed E-state index contributed by atoms with van der Waals surface area (Å²) in [4.78, 5) is 2.45. The minimum absolute atomic E-state index is 0.689. The summed E-state index contributed by atoms with van der Waals surface area (Å²) < 4.78 is 0. The molecule has 0 aromatic rings. The van der Waals surface area contributed by atoms with Crippen LogP contribution in [0.3, 0.4) is 0 Å². The minimum Gasteiger partial charge on any atom is -0.299 e. The fourth-order valence-corrected chi connectivity index (χ4v) is 2.11. The third-order valence-corrected chi connectivity index (χ3v) is 2.77. The molecule has 0 aromatic heterocycles. The zero-order chi connectivity index (χ0) is 7.68. The molecule has 1 heterocycles. The number of likely N-dealkylation sites (tertiary alicyclic amines) is 1. The highest BCUT2D eigenvalue weighted by molar-refractivity contribution is 5.18. The Hall–Kier alpha value is -0.560. The van der Waals surface area contributed by atoms with Crippen molar-refractivity contribution in [2.24, 2.45) is 5.92 Å². The summed E-state index contributed by atoms with van der Waals surface area (Å²) in [5.74, 6) is 0.791. The van der Waals surface area contributed by atoms with Gasteiger partial charge in [0.1, 0.15) is 0 Å². The summed E-state index contributed by atoms with van der Waals surface area (Å²) in [5, 5.41) is 0. The fraction of sp³-hybridized carbons (Fsp3) is 0.600. The van der Waals surface area contributed by atoms with E-state index in [0.717, 1.165) is 5.92 Å². The molecule has 1 heteroatoms. The van der Waals surface area contributed by atoms with Gasteiger partial charge in [-0.25, -0.2) is 0 Å². The first kappa shape index (κ1) is 7.11. The van der Waals surface area contributed by atoms with Crippen LogP contribution in [0.25, 0.3) is 0 Å². The quantitative estimate of drug-likeness (QED) is 0.508. The zero-order valence-electron chi connectivity index (χ0n) is 7.03. The maximum absolute atomic E-state index is 2.45. The van der Waals surface area contributed by atoms with E-state index < -0.39 is 0 Å². The summed E-state index contributed by atoms with van der Waals surface area (Å²) in [7, 11) is 2.22. The Morgan fingerprint density at radius 3 is 2.91 bits per heavy atom. The third kappa shape index (κ3) is 1.25. The Bertz CT molecular complexity index is 193. The van der Waals surface area contributed by atoms with E-state index in [4.69, 9.17) is 0 Å². The monoisotopic (exact) mass is 149 g/mol. The van der Waals surface area contributed by atoms with Crippen LogP contribution in [0.4, 0.5) is 0 Å². The van der Waals surface area contributed by atoms with Crippen molar-refractivity contribution in [1.29, 1.82) is 0 Å². The Kier molecular flexibility index (Phi) is 1.82. The first-order valence-electron chi connectivity index (χ1n) is 4.43. The van der Waals surface area contributed by atoms with E-state index in [9.17, 15) is 0 Å². The predicted octanol–water partition coefficient (Wildman–Crippen LogP) is 1.82. The van der Waals surface area contributed by atoms with Gasteiger partial charge in [-0.1, -0.05) is 24.3 Å². The highest BCUT2D eigenvalue weighted by Crippen LogP contribution is 2.26. The average molecular weight is 149 g/mol. The van der Waals surface area contributed by atoms with Gasteiger partial charge in [-0.2, -0.15) is 0 Å². The molecule has 0 aromatic carbocycles. The van der Waals surface area contributed by atoms with Crippen LogP contribution < -0.4 is 0 Å². The second-order valence-corrected chi connectivity index (χ2v) is 3.55. The lowest BCUT2D eigenvalue weighted by molar-refractivity contribution is 0.180. The van der Waals surface area contributed by atoms with Crippen LogP contribution in [-0.4, -0.2) is 24.5 Å². The molecular weight excluding hydrogens is 134 g/mol. The second-order valence-electron chi connectivity index (χ2n) is 3.55. The van der Waals surface area contributed by atoms with Crippen LogP contribution in [0.5, 0.6) is 0 Å². The Morgan fingerprint density at radius 2 is 2.09 bits per heavy atom. The number of hydrogen-bond donors (Lipinski definition) is 0. The topological polar surface area (TPSA) is 3.24 Å². The summed E-state index contributed by atoms with van der Waals surface area (Å²) in [6, 6.07) is 0.689. The highest BCUT2D eigenvalue weighted by Gasteiger charge is 2.25. The van der Waals surface area contributed by atoms with Crippen LogP contribution in [0.1, 0.15) is 12.8 Å². The maximum Gasteiger partial charge on any atom is 0.0341 e. The fourth-order valence-electron chi connectivity index (χ4n) is 2.11. The van der Waals surface area contributed by atoms with Crippen LogP contribution >= 0.6 is 0 Å². The van der Waals surface area contributed by atoms with Gasteiger partial charge in [0.25, 0.3) is 0 Å². The van der Waals surface area contributed by atoms with Gasteiger partial charge >= 0.3 is 0 Å². The largest absolute Gasteiger partial charge is 0.299 e. The van der Waals surface area contributed by atoms with Gasteiger partial charge in [0, 0.05) is 6.04 Å². The van der Waals surface area contributed by atoms with Crippen LogP contribution in [-0.2, 0) is 0 Å². The molecule has 2 atom stereocenters. The molecule has 1 aliphatic heterocycles. The maximum atomic E-state index is 2.45. The number of hydrogen-bond acceptors (Lipinski definition) is 1. The predicted molar refractivity (Wildman–Crippen MR) is 47.4 cm³/mol. The van der Waals surface area contributed by atoms with Gasteiger partial charge in [0.05, 0.1) is 0 Å². The molecule has 1 fully saturated rings. The number of allylic oxidation sites excluding steroid dienone is 2. The molecule has 1 aliphatic carbocycles. The van der Waals surface area contributed by atoms with Crippen molar-refractivity contribution in [2.45, 2.75) is 18.9 Å². The Morgan fingerprint density at radius 1 is 1.27 bits per heavy atom. The molecule has 60 valence electrons. The van der Waals surface area contributed by atoms with Gasteiger partial charge in [-0.05, 0) is 32.4 Å². The molecule has 2 rings (SSSR count). The summed E-state index contributed by atoms with van der Waals surface area (Å²) >= 11 is 0. The first-order valence-corrected chi connectivity index (χ1v) is 4.43. The first-order chi connectivity index (χ1) is 5.38. The van der Waals surface area contributed by atoms with Crippen molar-refractivity contribution in [3.63, 3.8) is 0 Å².